The summed E-state index contributed by atoms with van der Waals surface area (Å²) in [4.78, 5) is 14.3. The second-order valence-corrected chi connectivity index (χ2v) is 6.15. The van der Waals surface area contributed by atoms with Crippen LogP contribution in [0, 0.1) is 11.3 Å². The topological polar surface area (TPSA) is 81.2 Å². The Labute approximate surface area is 155 Å². The lowest BCUT2D eigenvalue weighted by atomic mass is 10.1. The van der Waals surface area contributed by atoms with Gasteiger partial charge in [0.1, 0.15) is 18.0 Å². The van der Waals surface area contributed by atoms with Crippen LogP contribution >= 0.6 is 11.6 Å². The van der Waals surface area contributed by atoms with Crippen molar-refractivity contribution in [3.8, 4) is 28.7 Å². The Kier molecular flexibility index (Phi) is 3.89. The van der Waals surface area contributed by atoms with Crippen LogP contribution < -0.4 is 0 Å². The molecule has 3 aromatic heterocycles. The Morgan fingerprint density at radius 2 is 1.93 bits per heavy atom. The highest BCUT2D eigenvalue weighted by Crippen LogP contribution is 2.38. The summed E-state index contributed by atoms with van der Waals surface area (Å²) >= 11 is 6.12. The molecular formula is C18H9ClF3N5. The van der Waals surface area contributed by atoms with Gasteiger partial charge >= 0.3 is 6.18 Å². The standard InChI is InChI=1S/C18H9ClF3N5/c19-13-2-1-10(18(20,21)22)6-12(13)15-9(7-23)5-14(27-15)16-11-3-4-24-17(11)26-8-25-16/h1-6,8,27H,(H,24,25,26). The van der Waals surface area contributed by atoms with Crippen molar-refractivity contribution >= 4 is 22.6 Å². The second-order valence-electron chi connectivity index (χ2n) is 5.74. The van der Waals surface area contributed by atoms with Crippen LogP contribution in [0.15, 0.2) is 42.9 Å². The Morgan fingerprint density at radius 1 is 1.11 bits per heavy atom. The van der Waals surface area contributed by atoms with Crippen LogP contribution in [0.25, 0.3) is 33.7 Å². The number of nitrogens with one attached hydrogen (secondary N) is 2. The van der Waals surface area contributed by atoms with Crippen molar-refractivity contribution in [2.45, 2.75) is 6.18 Å². The van der Waals surface area contributed by atoms with Crippen molar-refractivity contribution in [3.05, 3.63) is 59.0 Å². The van der Waals surface area contributed by atoms with Crippen LogP contribution in [0.5, 0.6) is 0 Å². The van der Waals surface area contributed by atoms with Gasteiger partial charge in [-0.15, -0.1) is 0 Å². The monoisotopic (exact) mass is 387 g/mol. The third-order valence-electron chi connectivity index (χ3n) is 4.11. The molecule has 27 heavy (non-hydrogen) atoms. The van der Waals surface area contributed by atoms with Gasteiger partial charge in [0, 0.05) is 22.2 Å². The van der Waals surface area contributed by atoms with Gasteiger partial charge < -0.3 is 9.97 Å². The van der Waals surface area contributed by atoms with Gasteiger partial charge in [0.15, 0.2) is 0 Å². The number of alkyl halides is 3. The molecule has 9 heteroatoms. The Morgan fingerprint density at radius 3 is 2.67 bits per heavy atom. The van der Waals surface area contributed by atoms with Gasteiger partial charge in [0.2, 0.25) is 0 Å². The first-order valence-corrected chi connectivity index (χ1v) is 8.05. The molecule has 3 heterocycles. The van der Waals surface area contributed by atoms with Gasteiger partial charge in [0.05, 0.1) is 28.2 Å². The number of nitriles is 1. The number of nitrogens with zero attached hydrogens (tertiary/aromatic N) is 3. The van der Waals surface area contributed by atoms with Crippen LogP contribution in [0.1, 0.15) is 11.1 Å². The van der Waals surface area contributed by atoms with Crippen LogP contribution in [-0.2, 0) is 6.18 Å². The molecule has 0 fully saturated rings. The normalized spacial score (nSPS) is 11.7. The van der Waals surface area contributed by atoms with Crippen LogP contribution in [-0.4, -0.2) is 19.9 Å². The highest BCUT2D eigenvalue weighted by molar-refractivity contribution is 6.33. The maximum atomic E-state index is 13.1. The van der Waals surface area contributed by atoms with E-state index in [4.69, 9.17) is 11.6 Å². The summed E-state index contributed by atoms with van der Waals surface area (Å²) in [6.07, 6.45) is -1.47. The van der Waals surface area contributed by atoms with E-state index in [-0.39, 0.29) is 21.8 Å². The summed E-state index contributed by atoms with van der Waals surface area (Å²) in [7, 11) is 0. The van der Waals surface area contributed by atoms with Crippen molar-refractivity contribution in [2.75, 3.05) is 0 Å². The van der Waals surface area contributed by atoms with Gasteiger partial charge in [-0.2, -0.15) is 18.4 Å². The van der Waals surface area contributed by atoms with Crippen LogP contribution in [0.4, 0.5) is 13.2 Å². The molecule has 0 radical (unpaired) electrons. The van der Waals surface area contributed by atoms with Crippen LogP contribution in [0.2, 0.25) is 5.02 Å². The molecule has 0 unspecified atom stereocenters. The average Bonchev–Trinajstić information content (AvgIpc) is 3.27. The smallest absolute Gasteiger partial charge is 0.352 e. The van der Waals surface area contributed by atoms with E-state index in [1.54, 1.807) is 12.3 Å². The number of aromatic nitrogens is 4. The molecule has 0 aliphatic carbocycles. The Bertz CT molecular complexity index is 1200. The molecule has 4 rings (SSSR count). The summed E-state index contributed by atoms with van der Waals surface area (Å²) in [6.45, 7) is 0. The minimum Gasteiger partial charge on any atom is -0.352 e. The predicted octanol–water partition coefficient (Wildman–Crippen LogP) is 5.16. The second kappa shape index (κ2) is 6.14. The van der Waals surface area contributed by atoms with E-state index in [0.717, 1.165) is 18.2 Å². The zero-order valence-corrected chi connectivity index (χ0v) is 14.2. The number of fused-ring (bicyclic) bond motifs is 1. The van der Waals surface area contributed by atoms with E-state index in [2.05, 4.69) is 19.9 Å². The summed E-state index contributed by atoms with van der Waals surface area (Å²) in [5.41, 5.74) is 1.20. The fraction of sp³-hybridized carbons (Fsp3) is 0.0556. The summed E-state index contributed by atoms with van der Waals surface area (Å²) in [6, 6.07) is 8.27. The van der Waals surface area contributed by atoms with Gasteiger partial charge in [-0.1, -0.05) is 11.6 Å². The number of rotatable bonds is 2. The molecule has 0 atom stereocenters. The largest absolute Gasteiger partial charge is 0.416 e. The van der Waals surface area contributed by atoms with Crippen LogP contribution in [0.3, 0.4) is 0 Å². The molecule has 0 amide bonds. The summed E-state index contributed by atoms with van der Waals surface area (Å²) in [5.74, 6) is 0. The quantitative estimate of drug-likeness (QED) is 0.498. The van der Waals surface area contributed by atoms with Crippen molar-refractivity contribution in [2.24, 2.45) is 0 Å². The summed E-state index contributed by atoms with van der Waals surface area (Å²) in [5, 5.41) is 10.3. The van der Waals surface area contributed by atoms with Gasteiger partial charge in [-0.3, -0.25) is 0 Å². The molecule has 0 spiro atoms. The molecule has 0 saturated carbocycles. The molecular weight excluding hydrogens is 379 g/mol. The van der Waals surface area contributed by atoms with E-state index in [1.165, 1.54) is 12.4 Å². The van der Waals surface area contributed by atoms with E-state index in [9.17, 15) is 18.4 Å². The fourth-order valence-corrected chi connectivity index (χ4v) is 3.08. The average molecular weight is 388 g/mol. The number of hydrogen-bond donors (Lipinski definition) is 2. The summed E-state index contributed by atoms with van der Waals surface area (Å²) < 4.78 is 39.2. The minimum atomic E-state index is -4.52. The number of H-pyrrole nitrogens is 2. The molecule has 0 bridgehead atoms. The van der Waals surface area contributed by atoms with Gasteiger partial charge in [0.25, 0.3) is 0 Å². The molecule has 2 N–H and O–H groups in total. The van der Waals surface area contributed by atoms with Crippen molar-refractivity contribution < 1.29 is 13.2 Å². The van der Waals surface area contributed by atoms with E-state index >= 15 is 0 Å². The highest BCUT2D eigenvalue weighted by atomic mass is 35.5. The lowest BCUT2D eigenvalue weighted by Crippen LogP contribution is -2.05. The first kappa shape index (κ1) is 17.1. The maximum absolute atomic E-state index is 13.1. The maximum Gasteiger partial charge on any atom is 0.416 e. The van der Waals surface area contributed by atoms with Crippen molar-refractivity contribution in [3.63, 3.8) is 0 Å². The highest BCUT2D eigenvalue weighted by Gasteiger charge is 2.31. The first-order valence-electron chi connectivity index (χ1n) is 7.67. The lowest BCUT2D eigenvalue weighted by Gasteiger charge is -2.10. The van der Waals surface area contributed by atoms with Gasteiger partial charge in [-0.05, 0) is 30.3 Å². The number of halogens is 4. The minimum absolute atomic E-state index is 0.0914. The third-order valence-corrected chi connectivity index (χ3v) is 4.44. The molecule has 4 aromatic rings. The molecule has 134 valence electrons. The zero-order valence-electron chi connectivity index (χ0n) is 13.4. The molecule has 5 nitrogen and oxygen atoms in total. The lowest BCUT2D eigenvalue weighted by molar-refractivity contribution is -0.137. The molecule has 0 saturated heterocycles. The first-order chi connectivity index (χ1) is 12.9. The number of aromatic amines is 2. The Hall–Kier alpha value is -3.31. The van der Waals surface area contributed by atoms with Crippen molar-refractivity contribution in [1.82, 2.24) is 19.9 Å². The van der Waals surface area contributed by atoms with E-state index < -0.39 is 11.7 Å². The fourth-order valence-electron chi connectivity index (χ4n) is 2.86. The zero-order chi connectivity index (χ0) is 19.2. The number of hydrogen-bond acceptors (Lipinski definition) is 3. The third kappa shape index (κ3) is 2.92. The molecule has 1 aromatic carbocycles. The van der Waals surface area contributed by atoms with E-state index in [0.29, 0.717) is 22.4 Å². The van der Waals surface area contributed by atoms with Gasteiger partial charge in [-0.25, -0.2) is 9.97 Å². The molecule has 0 aliphatic heterocycles. The Balaban J connectivity index is 1.92. The number of benzene rings is 1. The van der Waals surface area contributed by atoms with E-state index in [1.807, 2.05) is 6.07 Å². The predicted molar refractivity (Wildman–Crippen MR) is 93.8 cm³/mol. The molecule has 0 aliphatic rings. The SMILES string of the molecule is N#Cc1cc(-c2ncnc3[nH]ccc23)[nH]c1-c1cc(C(F)(F)F)ccc1Cl. The van der Waals surface area contributed by atoms with Crippen molar-refractivity contribution in [1.29, 1.82) is 5.26 Å².